The summed E-state index contributed by atoms with van der Waals surface area (Å²) in [7, 11) is 0. The molecular weight excluding hydrogens is 204 g/mol. The van der Waals surface area contributed by atoms with E-state index in [1.54, 1.807) is 6.20 Å². The summed E-state index contributed by atoms with van der Waals surface area (Å²) in [6.45, 7) is 3.38. The molecule has 88 valence electrons. The van der Waals surface area contributed by atoms with Gasteiger partial charge in [0.2, 0.25) is 5.88 Å². The van der Waals surface area contributed by atoms with Gasteiger partial charge in [0.05, 0.1) is 18.0 Å². The summed E-state index contributed by atoms with van der Waals surface area (Å²) in [5, 5.41) is 0. The maximum atomic E-state index is 5.64. The first-order valence-electron chi connectivity index (χ1n) is 5.72. The van der Waals surface area contributed by atoms with Crippen molar-refractivity contribution in [3.05, 3.63) is 17.8 Å². The van der Waals surface area contributed by atoms with Crippen LogP contribution in [0, 0.1) is 6.92 Å². The van der Waals surface area contributed by atoms with E-state index in [2.05, 4.69) is 4.98 Å². The molecule has 1 unspecified atom stereocenters. The SMILES string of the molecule is Cc1cc(N)cnc1OCC1CCCCO1. The molecule has 1 saturated heterocycles. The maximum Gasteiger partial charge on any atom is 0.216 e. The Hall–Kier alpha value is -1.29. The van der Waals surface area contributed by atoms with Crippen LogP contribution in [0.15, 0.2) is 12.3 Å². The van der Waals surface area contributed by atoms with Gasteiger partial charge in [-0.2, -0.15) is 0 Å². The van der Waals surface area contributed by atoms with Crippen molar-refractivity contribution in [3.8, 4) is 5.88 Å². The molecule has 0 aliphatic carbocycles. The van der Waals surface area contributed by atoms with Crippen LogP contribution in [0.3, 0.4) is 0 Å². The van der Waals surface area contributed by atoms with E-state index in [0.717, 1.165) is 25.0 Å². The summed E-state index contributed by atoms with van der Waals surface area (Å²) < 4.78 is 11.2. The second-order valence-electron chi connectivity index (χ2n) is 4.19. The Balaban J connectivity index is 1.88. The predicted molar refractivity (Wildman–Crippen MR) is 62.5 cm³/mol. The molecule has 2 N–H and O–H groups in total. The molecule has 1 aromatic heterocycles. The zero-order chi connectivity index (χ0) is 11.4. The monoisotopic (exact) mass is 222 g/mol. The van der Waals surface area contributed by atoms with Crippen molar-refractivity contribution >= 4 is 5.69 Å². The minimum Gasteiger partial charge on any atom is -0.475 e. The van der Waals surface area contributed by atoms with Crippen molar-refractivity contribution in [1.29, 1.82) is 0 Å². The number of rotatable bonds is 3. The normalized spacial score (nSPS) is 20.7. The van der Waals surface area contributed by atoms with E-state index in [1.165, 1.54) is 6.42 Å². The van der Waals surface area contributed by atoms with Gasteiger partial charge in [-0.25, -0.2) is 4.98 Å². The number of ether oxygens (including phenoxy) is 2. The molecule has 4 nitrogen and oxygen atoms in total. The summed E-state index contributed by atoms with van der Waals surface area (Å²) in [6.07, 6.45) is 5.29. The topological polar surface area (TPSA) is 57.4 Å². The number of nitrogens with zero attached hydrogens (tertiary/aromatic N) is 1. The van der Waals surface area contributed by atoms with Crippen LogP contribution >= 0.6 is 0 Å². The third-order valence-corrected chi connectivity index (χ3v) is 2.73. The zero-order valence-corrected chi connectivity index (χ0v) is 9.61. The van der Waals surface area contributed by atoms with Gasteiger partial charge in [-0.3, -0.25) is 0 Å². The number of nitrogen functional groups attached to an aromatic ring is 1. The highest BCUT2D eigenvalue weighted by Gasteiger charge is 2.15. The van der Waals surface area contributed by atoms with Gasteiger partial charge < -0.3 is 15.2 Å². The molecule has 1 aliphatic rings. The second-order valence-corrected chi connectivity index (χ2v) is 4.19. The summed E-state index contributed by atoms with van der Waals surface area (Å²) in [6, 6.07) is 1.87. The van der Waals surface area contributed by atoms with Gasteiger partial charge in [0.1, 0.15) is 6.61 Å². The Morgan fingerprint density at radius 3 is 3.12 bits per heavy atom. The quantitative estimate of drug-likeness (QED) is 0.848. The first kappa shape index (κ1) is 11.2. The van der Waals surface area contributed by atoms with Gasteiger partial charge in [0.15, 0.2) is 0 Å². The first-order chi connectivity index (χ1) is 7.75. The molecule has 0 radical (unpaired) electrons. The molecule has 1 aromatic rings. The van der Waals surface area contributed by atoms with Gasteiger partial charge in [-0.15, -0.1) is 0 Å². The third kappa shape index (κ3) is 2.85. The fourth-order valence-corrected chi connectivity index (χ4v) is 1.85. The van der Waals surface area contributed by atoms with E-state index < -0.39 is 0 Å². The van der Waals surface area contributed by atoms with Gasteiger partial charge in [0.25, 0.3) is 0 Å². The number of aromatic nitrogens is 1. The standard InChI is InChI=1S/C12H18N2O2/c1-9-6-10(13)7-14-12(9)16-8-11-4-2-3-5-15-11/h6-7,11H,2-5,8,13H2,1H3. The Bertz CT molecular complexity index is 349. The van der Waals surface area contributed by atoms with E-state index in [0.29, 0.717) is 18.2 Å². The molecule has 0 saturated carbocycles. The Labute approximate surface area is 95.8 Å². The molecule has 1 aliphatic heterocycles. The van der Waals surface area contributed by atoms with Gasteiger partial charge in [-0.05, 0) is 32.3 Å². The number of nitrogens with two attached hydrogens (primary N) is 1. The molecule has 0 amide bonds. The van der Waals surface area contributed by atoms with E-state index in [4.69, 9.17) is 15.2 Å². The van der Waals surface area contributed by atoms with Crippen LogP contribution in [-0.2, 0) is 4.74 Å². The van der Waals surface area contributed by atoms with Crippen LogP contribution in [0.4, 0.5) is 5.69 Å². The minimum absolute atomic E-state index is 0.215. The number of anilines is 1. The Morgan fingerprint density at radius 2 is 2.44 bits per heavy atom. The molecule has 0 bridgehead atoms. The minimum atomic E-state index is 0.215. The van der Waals surface area contributed by atoms with Crippen molar-refractivity contribution in [2.45, 2.75) is 32.3 Å². The molecular formula is C12H18N2O2. The van der Waals surface area contributed by atoms with Crippen LogP contribution in [0.25, 0.3) is 0 Å². The highest BCUT2D eigenvalue weighted by molar-refractivity contribution is 5.41. The molecule has 0 aromatic carbocycles. The molecule has 16 heavy (non-hydrogen) atoms. The van der Waals surface area contributed by atoms with E-state index in [-0.39, 0.29) is 6.10 Å². The third-order valence-electron chi connectivity index (χ3n) is 2.73. The van der Waals surface area contributed by atoms with Crippen LogP contribution < -0.4 is 10.5 Å². The first-order valence-corrected chi connectivity index (χ1v) is 5.72. The van der Waals surface area contributed by atoms with E-state index in [9.17, 15) is 0 Å². The smallest absolute Gasteiger partial charge is 0.216 e. The highest BCUT2D eigenvalue weighted by Crippen LogP contribution is 2.18. The summed E-state index contributed by atoms with van der Waals surface area (Å²) in [4.78, 5) is 4.16. The summed E-state index contributed by atoms with van der Waals surface area (Å²) >= 11 is 0. The van der Waals surface area contributed by atoms with Crippen LogP contribution in [0.2, 0.25) is 0 Å². The van der Waals surface area contributed by atoms with Crippen molar-refractivity contribution in [2.24, 2.45) is 0 Å². The fourth-order valence-electron chi connectivity index (χ4n) is 1.85. The number of hydrogen-bond acceptors (Lipinski definition) is 4. The average molecular weight is 222 g/mol. The van der Waals surface area contributed by atoms with Crippen molar-refractivity contribution < 1.29 is 9.47 Å². The van der Waals surface area contributed by atoms with Gasteiger partial charge >= 0.3 is 0 Å². The average Bonchev–Trinajstić information content (AvgIpc) is 2.29. The molecule has 0 spiro atoms. The van der Waals surface area contributed by atoms with E-state index >= 15 is 0 Å². The fraction of sp³-hybridized carbons (Fsp3) is 0.583. The van der Waals surface area contributed by atoms with Crippen molar-refractivity contribution in [3.63, 3.8) is 0 Å². The van der Waals surface area contributed by atoms with Crippen molar-refractivity contribution in [1.82, 2.24) is 4.98 Å². The lowest BCUT2D eigenvalue weighted by Gasteiger charge is -2.22. The molecule has 1 fully saturated rings. The lowest BCUT2D eigenvalue weighted by atomic mass is 10.1. The molecule has 2 rings (SSSR count). The van der Waals surface area contributed by atoms with Crippen LogP contribution in [0.5, 0.6) is 5.88 Å². The van der Waals surface area contributed by atoms with Crippen LogP contribution in [0.1, 0.15) is 24.8 Å². The second kappa shape index (κ2) is 5.16. The van der Waals surface area contributed by atoms with Crippen molar-refractivity contribution in [2.75, 3.05) is 18.9 Å². The molecule has 1 atom stereocenters. The van der Waals surface area contributed by atoms with Gasteiger partial charge in [0, 0.05) is 12.2 Å². The lowest BCUT2D eigenvalue weighted by Crippen LogP contribution is -2.26. The lowest BCUT2D eigenvalue weighted by molar-refractivity contribution is -0.0120. The van der Waals surface area contributed by atoms with Crippen LogP contribution in [-0.4, -0.2) is 24.3 Å². The highest BCUT2D eigenvalue weighted by atomic mass is 16.5. The molecule has 4 heteroatoms. The zero-order valence-electron chi connectivity index (χ0n) is 9.61. The largest absolute Gasteiger partial charge is 0.475 e. The Kier molecular flexibility index (Phi) is 3.62. The number of hydrogen-bond donors (Lipinski definition) is 1. The van der Waals surface area contributed by atoms with Gasteiger partial charge in [-0.1, -0.05) is 0 Å². The number of aryl methyl sites for hydroxylation is 1. The maximum absolute atomic E-state index is 5.64. The predicted octanol–water partition coefficient (Wildman–Crippen LogP) is 1.92. The Morgan fingerprint density at radius 1 is 1.56 bits per heavy atom. The summed E-state index contributed by atoms with van der Waals surface area (Å²) in [5.74, 6) is 0.656. The van der Waals surface area contributed by atoms with E-state index in [1.807, 2.05) is 13.0 Å². The summed E-state index contributed by atoms with van der Waals surface area (Å²) in [5.41, 5.74) is 7.26. The number of pyridine rings is 1. The molecule has 2 heterocycles.